The first-order valence-electron chi connectivity index (χ1n) is 13.8. The maximum atomic E-state index is 14.6. The van der Waals surface area contributed by atoms with E-state index in [0.717, 1.165) is 28.9 Å². The first-order chi connectivity index (χ1) is 19.3. The van der Waals surface area contributed by atoms with E-state index in [4.69, 9.17) is 0 Å². The SMILES string of the molecule is C=CCN(C(=O)[C@@H]1[C@@H]2CCC3(S2)C(C(=O)N(CC=C)c2cc(C)ccc2C)N(CCO)C(=O)[C@H]13)c1ccccc1. The fourth-order valence-electron chi connectivity index (χ4n) is 6.90. The Balaban J connectivity index is 1.56. The molecule has 3 fully saturated rings. The van der Waals surface area contributed by atoms with Crippen LogP contribution in [0.5, 0.6) is 0 Å². The third-order valence-corrected chi connectivity index (χ3v) is 10.5. The minimum Gasteiger partial charge on any atom is -0.395 e. The number of likely N-dealkylation sites (tertiary alicyclic amines) is 1. The number of hydrogen-bond donors (Lipinski definition) is 1. The number of hydrogen-bond acceptors (Lipinski definition) is 5. The minimum atomic E-state index is -0.783. The lowest BCUT2D eigenvalue weighted by atomic mass is 9.70. The summed E-state index contributed by atoms with van der Waals surface area (Å²) in [4.78, 5) is 47.9. The molecule has 7 nitrogen and oxygen atoms in total. The smallest absolute Gasteiger partial charge is 0.251 e. The molecule has 40 heavy (non-hydrogen) atoms. The Morgan fingerprint density at radius 3 is 2.45 bits per heavy atom. The third-order valence-electron chi connectivity index (χ3n) is 8.54. The van der Waals surface area contributed by atoms with Gasteiger partial charge in [0.25, 0.3) is 5.91 Å². The number of nitrogens with zero attached hydrogens (tertiary/aromatic N) is 3. The van der Waals surface area contributed by atoms with Gasteiger partial charge < -0.3 is 19.8 Å². The molecule has 5 atom stereocenters. The highest BCUT2D eigenvalue weighted by Crippen LogP contribution is 2.66. The summed E-state index contributed by atoms with van der Waals surface area (Å²) in [5, 5.41) is 9.91. The third kappa shape index (κ3) is 4.47. The second kappa shape index (κ2) is 11.3. The van der Waals surface area contributed by atoms with Crippen LogP contribution >= 0.6 is 11.8 Å². The highest BCUT2D eigenvalue weighted by molar-refractivity contribution is 8.02. The number of para-hydroxylation sites is 1. The van der Waals surface area contributed by atoms with E-state index < -0.39 is 22.6 Å². The molecule has 2 aromatic rings. The number of carbonyl (C=O) groups is 3. The summed E-state index contributed by atoms with van der Waals surface area (Å²) in [5.74, 6) is -1.71. The molecule has 3 aliphatic heterocycles. The predicted molar refractivity (Wildman–Crippen MR) is 160 cm³/mol. The van der Waals surface area contributed by atoms with Crippen molar-refractivity contribution in [2.24, 2.45) is 11.8 Å². The van der Waals surface area contributed by atoms with Crippen LogP contribution in [-0.4, -0.2) is 70.0 Å². The van der Waals surface area contributed by atoms with Gasteiger partial charge in [-0.15, -0.1) is 24.9 Å². The number of amides is 3. The lowest BCUT2D eigenvalue weighted by Crippen LogP contribution is -2.55. The highest BCUT2D eigenvalue weighted by atomic mass is 32.2. The second-order valence-corrected chi connectivity index (χ2v) is 12.5. The van der Waals surface area contributed by atoms with Crippen LogP contribution in [0, 0.1) is 25.7 Å². The van der Waals surface area contributed by atoms with Gasteiger partial charge in [0.05, 0.1) is 23.2 Å². The molecule has 1 N–H and O–H groups in total. The molecule has 3 heterocycles. The fraction of sp³-hybridized carbons (Fsp3) is 0.406. The summed E-state index contributed by atoms with van der Waals surface area (Å²) in [5.41, 5.74) is 3.52. The highest BCUT2D eigenvalue weighted by Gasteiger charge is 2.74. The van der Waals surface area contributed by atoms with Gasteiger partial charge in [-0.1, -0.05) is 42.5 Å². The first kappa shape index (κ1) is 28.2. The van der Waals surface area contributed by atoms with Crippen LogP contribution in [0.25, 0.3) is 0 Å². The van der Waals surface area contributed by atoms with Gasteiger partial charge >= 0.3 is 0 Å². The molecule has 3 amide bonds. The molecular weight excluding hydrogens is 522 g/mol. The van der Waals surface area contributed by atoms with Crippen LogP contribution < -0.4 is 9.80 Å². The van der Waals surface area contributed by atoms with Gasteiger partial charge in [-0.05, 0) is 56.0 Å². The van der Waals surface area contributed by atoms with E-state index >= 15 is 0 Å². The molecule has 0 radical (unpaired) electrons. The number of aliphatic hydroxyl groups excluding tert-OH is 1. The molecule has 0 aromatic heterocycles. The van der Waals surface area contributed by atoms with Gasteiger partial charge in [-0.25, -0.2) is 0 Å². The summed E-state index contributed by atoms with van der Waals surface area (Å²) in [6.07, 6.45) is 4.81. The van der Waals surface area contributed by atoms with Crippen LogP contribution in [-0.2, 0) is 14.4 Å². The molecule has 3 aliphatic rings. The van der Waals surface area contributed by atoms with Gasteiger partial charge in [-0.3, -0.25) is 14.4 Å². The van der Waals surface area contributed by atoms with Gasteiger partial charge in [-0.2, -0.15) is 0 Å². The van der Waals surface area contributed by atoms with Crippen LogP contribution in [0.2, 0.25) is 0 Å². The predicted octanol–water partition coefficient (Wildman–Crippen LogP) is 4.13. The number of β-amino-alcohol motifs (C(OH)–C–C–N with tert-alkyl or cyclic N) is 1. The van der Waals surface area contributed by atoms with Gasteiger partial charge in [0.1, 0.15) is 6.04 Å². The monoisotopic (exact) mass is 559 g/mol. The number of aryl methyl sites for hydroxylation is 2. The van der Waals surface area contributed by atoms with Crippen LogP contribution in [0.1, 0.15) is 24.0 Å². The van der Waals surface area contributed by atoms with E-state index in [9.17, 15) is 19.5 Å². The fourth-order valence-corrected chi connectivity index (χ4v) is 9.10. The summed E-state index contributed by atoms with van der Waals surface area (Å²) in [7, 11) is 0. The standard InChI is InChI=1S/C32H37N3O4S/c1-5-16-33(23-10-8-7-9-11-23)29(37)26-25-14-15-32(40-25)27(26)30(38)35(18-19-36)28(32)31(39)34(17-6-2)24-20-21(3)12-13-22(24)4/h5-13,20,25-28,36H,1-2,14-19H2,3-4H3/t25-,26+,27-,28?,32?/m0/s1. The van der Waals surface area contributed by atoms with Crippen molar-refractivity contribution in [2.75, 3.05) is 36.0 Å². The van der Waals surface area contributed by atoms with Crippen molar-refractivity contribution in [1.82, 2.24) is 4.90 Å². The molecule has 3 saturated heterocycles. The number of fused-ring (bicyclic) bond motifs is 1. The lowest BCUT2D eigenvalue weighted by Gasteiger charge is -2.38. The summed E-state index contributed by atoms with van der Waals surface area (Å²) in [6.45, 7) is 12.1. The van der Waals surface area contributed by atoms with Crippen molar-refractivity contribution < 1.29 is 19.5 Å². The number of rotatable bonds is 10. The van der Waals surface area contributed by atoms with E-state index in [-0.39, 0.29) is 36.1 Å². The van der Waals surface area contributed by atoms with Gasteiger partial charge in [0.2, 0.25) is 11.8 Å². The van der Waals surface area contributed by atoms with E-state index in [1.807, 2.05) is 62.4 Å². The average molecular weight is 560 g/mol. The molecule has 2 unspecified atom stereocenters. The van der Waals surface area contributed by atoms with Crippen molar-refractivity contribution in [3.8, 4) is 0 Å². The van der Waals surface area contributed by atoms with Crippen molar-refractivity contribution in [3.05, 3.63) is 85.0 Å². The molecule has 2 bridgehead atoms. The maximum absolute atomic E-state index is 14.6. The molecule has 0 aliphatic carbocycles. The van der Waals surface area contributed by atoms with Crippen molar-refractivity contribution >= 4 is 40.9 Å². The Bertz CT molecular complexity index is 1330. The van der Waals surface area contributed by atoms with E-state index in [1.54, 1.807) is 38.6 Å². The molecule has 5 rings (SSSR count). The second-order valence-electron chi connectivity index (χ2n) is 10.9. The lowest BCUT2D eigenvalue weighted by molar-refractivity contribution is -0.139. The van der Waals surface area contributed by atoms with E-state index in [2.05, 4.69) is 13.2 Å². The molecule has 2 aromatic carbocycles. The molecule has 0 saturated carbocycles. The summed E-state index contributed by atoms with van der Waals surface area (Å²) >= 11 is 1.63. The minimum absolute atomic E-state index is 0.0451. The Morgan fingerprint density at radius 1 is 1.07 bits per heavy atom. The Kier molecular flexibility index (Phi) is 7.93. The number of carbonyl (C=O) groups excluding carboxylic acids is 3. The van der Waals surface area contributed by atoms with Gasteiger partial charge in [0, 0.05) is 36.3 Å². The zero-order chi connectivity index (χ0) is 28.6. The largest absolute Gasteiger partial charge is 0.395 e. The quantitative estimate of drug-likeness (QED) is 0.443. The zero-order valence-corrected chi connectivity index (χ0v) is 24.0. The van der Waals surface area contributed by atoms with E-state index in [1.165, 1.54) is 0 Å². The van der Waals surface area contributed by atoms with Crippen LogP contribution in [0.4, 0.5) is 11.4 Å². The number of thioether (sulfide) groups is 1. The van der Waals surface area contributed by atoms with E-state index in [0.29, 0.717) is 19.5 Å². The topological polar surface area (TPSA) is 81.2 Å². The maximum Gasteiger partial charge on any atom is 0.251 e. The summed E-state index contributed by atoms with van der Waals surface area (Å²) < 4.78 is -0.734. The summed E-state index contributed by atoms with van der Waals surface area (Å²) in [6, 6.07) is 14.6. The molecular formula is C32H37N3O4S. The molecule has 8 heteroatoms. The van der Waals surface area contributed by atoms with Crippen molar-refractivity contribution in [2.45, 2.75) is 42.7 Å². The Hall–Kier alpha value is -3.36. The average Bonchev–Trinajstić information content (AvgIpc) is 3.59. The van der Waals surface area contributed by atoms with Crippen LogP contribution in [0.15, 0.2) is 73.8 Å². The van der Waals surface area contributed by atoms with Crippen LogP contribution in [0.3, 0.4) is 0 Å². The zero-order valence-electron chi connectivity index (χ0n) is 23.2. The number of benzene rings is 2. The van der Waals surface area contributed by atoms with Crippen molar-refractivity contribution in [3.63, 3.8) is 0 Å². The first-order valence-corrected chi connectivity index (χ1v) is 14.7. The Morgan fingerprint density at radius 2 is 1.77 bits per heavy atom. The number of aliphatic hydroxyl groups is 1. The molecule has 210 valence electrons. The van der Waals surface area contributed by atoms with Gasteiger partial charge in [0.15, 0.2) is 0 Å². The Labute approximate surface area is 240 Å². The normalized spacial score (nSPS) is 26.5. The van der Waals surface area contributed by atoms with Crippen molar-refractivity contribution in [1.29, 1.82) is 0 Å². The molecule has 1 spiro atoms. The number of anilines is 2.